The van der Waals surface area contributed by atoms with Crippen molar-refractivity contribution >= 4 is 5.95 Å². The Bertz CT molecular complexity index is 559. The van der Waals surface area contributed by atoms with Gasteiger partial charge in [-0.25, -0.2) is 9.97 Å². The first-order chi connectivity index (χ1) is 11.2. The average Bonchev–Trinajstić information content (AvgIpc) is 2.57. The van der Waals surface area contributed by atoms with Crippen LogP contribution in [0.4, 0.5) is 5.95 Å². The molecule has 0 saturated carbocycles. The molecule has 1 aromatic carbocycles. The molecule has 0 radical (unpaired) electrons. The van der Waals surface area contributed by atoms with Gasteiger partial charge in [0.1, 0.15) is 0 Å². The number of benzene rings is 1. The normalized spacial score (nSPS) is 12.3. The van der Waals surface area contributed by atoms with Gasteiger partial charge in [-0.2, -0.15) is 0 Å². The fourth-order valence-electron chi connectivity index (χ4n) is 2.47. The predicted octanol–water partition coefficient (Wildman–Crippen LogP) is 2.54. The summed E-state index contributed by atoms with van der Waals surface area (Å²) in [6, 6.07) is 10.4. The number of aromatic nitrogens is 2. The van der Waals surface area contributed by atoms with Crippen LogP contribution in [-0.2, 0) is 13.1 Å². The highest BCUT2D eigenvalue weighted by atomic mass is 16.3. The number of rotatable bonds is 9. The van der Waals surface area contributed by atoms with E-state index in [0.29, 0.717) is 5.95 Å². The lowest BCUT2D eigenvalue weighted by Crippen LogP contribution is -2.29. The molecule has 5 nitrogen and oxygen atoms in total. The number of aliphatic hydroxyl groups is 1. The van der Waals surface area contributed by atoms with E-state index in [9.17, 15) is 5.11 Å². The quantitative estimate of drug-likeness (QED) is 0.745. The first-order valence-corrected chi connectivity index (χ1v) is 8.13. The molecular weight excluding hydrogens is 288 g/mol. The van der Waals surface area contributed by atoms with Crippen molar-refractivity contribution in [3.05, 3.63) is 53.9 Å². The molecule has 0 spiro atoms. The Morgan fingerprint density at radius 1 is 1.09 bits per heavy atom. The Kier molecular flexibility index (Phi) is 6.97. The molecule has 1 aromatic heterocycles. The molecule has 124 valence electrons. The molecule has 0 fully saturated rings. The lowest BCUT2D eigenvalue weighted by atomic mass is 10.1. The lowest BCUT2D eigenvalue weighted by Gasteiger charge is -2.25. The van der Waals surface area contributed by atoms with Gasteiger partial charge in [-0.15, -0.1) is 0 Å². The molecule has 0 aliphatic heterocycles. The van der Waals surface area contributed by atoms with E-state index in [1.54, 1.807) is 0 Å². The Balaban J connectivity index is 2.03. The molecule has 0 amide bonds. The van der Waals surface area contributed by atoms with Crippen LogP contribution in [0.25, 0.3) is 0 Å². The molecule has 2 N–H and O–H groups in total. The van der Waals surface area contributed by atoms with E-state index in [2.05, 4.69) is 51.4 Å². The predicted molar refractivity (Wildman–Crippen MR) is 93.0 cm³/mol. The zero-order chi connectivity index (χ0) is 16.5. The van der Waals surface area contributed by atoms with Crippen molar-refractivity contribution in [2.75, 3.05) is 25.0 Å². The molecule has 1 unspecified atom stereocenters. The van der Waals surface area contributed by atoms with Crippen LogP contribution < -0.4 is 5.32 Å². The average molecular weight is 314 g/mol. The summed E-state index contributed by atoms with van der Waals surface area (Å²) in [7, 11) is 0. The Labute approximate surface area is 138 Å². The molecule has 5 heteroatoms. The van der Waals surface area contributed by atoms with Crippen LogP contribution in [0.5, 0.6) is 0 Å². The number of anilines is 1. The van der Waals surface area contributed by atoms with E-state index in [1.165, 1.54) is 5.56 Å². The minimum Gasteiger partial charge on any atom is -0.396 e. The monoisotopic (exact) mass is 314 g/mol. The summed E-state index contributed by atoms with van der Waals surface area (Å²) < 4.78 is 0. The maximum atomic E-state index is 9.35. The molecule has 0 aliphatic carbocycles. The minimum atomic E-state index is 0.196. The van der Waals surface area contributed by atoms with Crippen LogP contribution in [0.2, 0.25) is 0 Å². The van der Waals surface area contributed by atoms with Crippen LogP contribution in [0.15, 0.2) is 42.7 Å². The van der Waals surface area contributed by atoms with Crippen molar-refractivity contribution in [1.82, 2.24) is 14.9 Å². The molecule has 2 aromatic rings. The van der Waals surface area contributed by atoms with E-state index in [-0.39, 0.29) is 12.5 Å². The van der Waals surface area contributed by atoms with Gasteiger partial charge in [0, 0.05) is 50.7 Å². The maximum Gasteiger partial charge on any atom is 0.222 e. The van der Waals surface area contributed by atoms with Crippen LogP contribution in [-0.4, -0.2) is 39.7 Å². The van der Waals surface area contributed by atoms with Gasteiger partial charge < -0.3 is 10.4 Å². The van der Waals surface area contributed by atoms with Crippen LogP contribution in [0.3, 0.4) is 0 Å². The second-order valence-corrected chi connectivity index (χ2v) is 5.89. The number of nitrogens with zero attached hydrogens (tertiary/aromatic N) is 3. The topological polar surface area (TPSA) is 61.3 Å². The fraction of sp³-hybridized carbons (Fsp3) is 0.444. The number of nitrogens with one attached hydrogen (secondary N) is 1. The van der Waals surface area contributed by atoms with E-state index >= 15 is 0 Å². The highest BCUT2D eigenvalue weighted by molar-refractivity contribution is 5.24. The summed E-state index contributed by atoms with van der Waals surface area (Å²) in [5.41, 5.74) is 2.34. The SMILES string of the molecule is CCNc1ncc(CN(Cc2ccccc2)CC(C)CO)cn1. The molecular formula is C18H26N4O. The van der Waals surface area contributed by atoms with Gasteiger partial charge in [0.05, 0.1) is 0 Å². The zero-order valence-electron chi connectivity index (χ0n) is 13.9. The Morgan fingerprint density at radius 3 is 2.35 bits per heavy atom. The molecule has 2 rings (SSSR count). The van der Waals surface area contributed by atoms with Crippen molar-refractivity contribution in [2.45, 2.75) is 26.9 Å². The molecule has 0 saturated heterocycles. The van der Waals surface area contributed by atoms with E-state index in [4.69, 9.17) is 0 Å². The van der Waals surface area contributed by atoms with Gasteiger partial charge in [0.25, 0.3) is 0 Å². The zero-order valence-corrected chi connectivity index (χ0v) is 13.9. The van der Waals surface area contributed by atoms with Crippen molar-refractivity contribution < 1.29 is 5.11 Å². The smallest absolute Gasteiger partial charge is 0.222 e. The number of hydrogen-bond donors (Lipinski definition) is 2. The highest BCUT2D eigenvalue weighted by Crippen LogP contribution is 2.12. The summed E-state index contributed by atoms with van der Waals surface area (Å²) in [6.07, 6.45) is 3.74. The third kappa shape index (κ3) is 5.96. The summed E-state index contributed by atoms with van der Waals surface area (Å²) in [6.45, 7) is 7.54. The molecule has 1 atom stereocenters. The second-order valence-electron chi connectivity index (χ2n) is 5.89. The van der Waals surface area contributed by atoms with Crippen molar-refractivity contribution in [3.8, 4) is 0 Å². The van der Waals surface area contributed by atoms with Crippen LogP contribution >= 0.6 is 0 Å². The van der Waals surface area contributed by atoms with Crippen molar-refractivity contribution in [2.24, 2.45) is 5.92 Å². The number of hydrogen-bond acceptors (Lipinski definition) is 5. The maximum absolute atomic E-state index is 9.35. The third-order valence-corrected chi connectivity index (χ3v) is 3.58. The molecule has 1 heterocycles. The van der Waals surface area contributed by atoms with Crippen LogP contribution in [0.1, 0.15) is 25.0 Å². The van der Waals surface area contributed by atoms with Gasteiger partial charge in [0.15, 0.2) is 0 Å². The summed E-state index contributed by atoms with van der Waals surface area (Å²) in [4.78, 5) is 11.0. The molecule has 23 heavy (non-hydrogen) atoms. The summed E-state index contributed by atoms with van der Waals surface area (Å²) in [5.74, 6) is 0.898. The van der Waals surface area contributed by atoms with E-state index < -0.39 is 0 Å². The van der Waals surface area contributed by atoms with Gasteiger partial charge in [0.2, 0.25) is 5.95 Å². The van der Waals surface area contributed by atoms with Crippen molar-refractivity contribution in [3.63, 3.8) is 0 Å². The first kappa shape index (κ1) is 17.4. The number of aliphatic hydroxyl groups excluding tert-OH is 1. The summed E-state index contributed by atoms with van der Waals surface area (Å²) >= 11 is 0. The fourth-order valence-corrected chi connectivity index (χ4v) is 2.47. The lowest BCUT2D eigenvalue weighted by molar-refractivity contribution is 0.163. The highest BCUT2D eigenvalue weighted by Gasteiger charge is 2.12. The Morgan fingerprint density at radius 2 is 1.74 bits per heavy atom. The Hall–Kier alpha value is -1.98. The standard InChI is InChI=1S/C18H26N4O/c1-3-19-18-20-9-17(10-21-18)13-22(11-15(2)14-23)12-16-7-5-4-6-8-16/h4-10,15,23H,3,11-14H2,1-2H3,(H,19,20,21). The molecule has 0 aliphatic rings. The largest absolute Gasteiger partial charge is 0.396 e. The van der Waals surface area contributed by atoms with E-state index in [1.807, 2.05) is 25.4 Å². The second kappa shape index (κ2) is 9.22. The van der Waals surface area contributed by atoms with Crippen molar-refractivity contribution in [1.29, 1.82) is 0 Å². The summed E-state index contributed by atoms with van der Waals surface area (Å²) in [5, 5.41) is 12.5. The van der Waals surface area contributed by atoms with Crippen LogP contribution in [0, 0.1) is 5.92 Å². The van der Waals surface area contributed by atoms with Gasteiger partial charge in [-0.05, 0) is 18.4 Å². The van der Waals surface area contributed by atoms with E-state index in [0.717, 1.165) is 31.7 Å². The minimum absolute atomic E-state index is 0.196. The van der Waals surface area contributed by atoms with Gasteiger partial charge >= 0.3 is 0 Å². The third-order valence-electron chi connectivity index (χ3n) is 3.58. The molecule has 0 bridgehead atoms. The first-order valence-electron chi connectivity index (χ1n) is 8.13. The van der Waals surface area contributed by atoms with Gasteiger partial charge in [-0.3, -0.25) is 4.90 Å². The van der Waals surface area contributed by atoms with Gasteiger partial charge in [-0.1, -0.05) is 37.3 Å².